The molecular weight excluding hydrogens is 266 g/mol. The number of benzene rings is 1. The third kappa shape index (κ3) is 2.58. The molecule has 0 radical (unpaired) electrons. The van der Waals surface area contributed by atoms with E-state index in [1.54, 1.807) is 19.1 Å². The van der Waals surface area contributed by atoms with E-state index in [0.29, 0.717) is 12.2 Å². The van der Waals surface area contributed by atoms with Gasteiger partial charge in [0.15, 0.2) is 0 Å². The Hall–Kier alpha value is -2.10. The van der Waals surface area contributed by atoms with Gasteiger partial charge >= 0.3 is 5.97 Å². The van der Waals surface area contributed by atoms with Crippen molar-refractivity contribution in [1.29, 1.82) is 0 Å². The number of ether oxygens (including phenoxy) is 1. The number of hydrogen-bond acceptors (Lipinski definition) is 3. The quantitative estimate of drug-likeness (QED) is 0.681. The molecule has 1 amide bonds. The molecule has 0 aliphatic heterocycles. The van der Waals surface area contributed by atoms with E-state index in [1.807, 2.05) is 18.2 Å². The van der Waals surface area contributed by atoms with Gasteiger partial charge in [0, 0.05) is 11.6 Å². The molecule has 0 spiro atoms. The van der Waals surface area contributed by atoms with E-state index in [1.165, 1.54) is 0 Å². The molecule has 0 aromatic heterocycles. The average Bonchev–Trinajstić information content (AvgIpc) is 3.09. The first kappa shape index (κ1) is 13.9. The van der Waals surface area contributed by atoms with Crippen LogP contribution < -0.4 is 5.32 Å². The number of rotatable bonds is 4. The minimum absolute atomic E-state index is 0.129. The Morgan fingerprint density at radius 2 is 1.90 bits per heavy atom. The maximum Gasteiger partial charge on any atom is 0.311 e. The van der Waals surface area contributed by atoms with Crippen LogP contribution in [0.5, 0.6) is 0 Å². The molecular formula is C17H19NO3. The number of esters is 1. The first-order chi connectivity index (χ1) is 10.2. The third-order valence-corrected chi connectivity index (χ3v) is 4.35. The number of amides is 1. The van der Waals surface area contributed by atoms with E-state index in [0.717, 1.165) is 6.42 Å². The van der Waals surface area contributed by atoms with Crippen LogP contribution in [0.1, 0.15) is 23.7 Å². The molecule has 21 heavy (non-hydrogen) atoms. The summed E-state index contributed by atoms with van der Waals surface area (Å²) in [4.78, 5) is 24.5. The Kier molecular flexibility index (Phi) is 3.78. The van der Waals surface area contributed by atoms with Crippen LogP contribution in [0.4, 0.5) is 0 Å². The molecule has 4 atom stereocenters. The van der Waals surface area contributed by atoms with Crippen LogP contribution in [0, 0.1) is 17.8 Å². The van der Waals surface area contributed by atoms with Crippen molar-refractivity contribution in [3.8, 4) is 0 Å². The minimum Gasteiger partial charge on any atom is -0.466 e. The fourth-order valence-corrected chi connectivity index (χ4v) is 3.40. The highest BCUT2D eigenvalue weighted by Gasteiger charge is 2.49. The van der Waals surface area contributed by atoms with Gasteiger partial charge in [0.2, 0.25) is 0 Å². The van der Waals surface area contributed by atoms with Gasteiger partial charge in [-0.05, 0) is 37.3 Å². The molecule has 1 aromatic rings. The Labute approximate surface area is 124 Å². The Balaban J connectivity index is 1.75. The van der Waals surface area contributed by atoms with Crippen molar-refractivity contribution >= 4 is 11.9 Å². The van der Waals surface area contributed by atoms with Crippen molar-refractivity contribution in [3.63, 3.8) is 0 Å². The summed E-state index contributed by atoms with van der Waals surface area (Å²) in [5, 5.41) is 3.02. The van der Waals surface area contributed by atoms with Crippen LogP contribution in [0.15, 0.2) is 42.5 Å². The van der Waals surface area contributed by atoms with Crippen molar-refractivity contribution in [1.82, 2.24) is 5.32 Å². The molecule has 2 aliphatic rings. The Bertz CT molecular complexity index is 567. The van der Waals surface area contributed by atoms with Crippen molar-refractivity contribution in [2.75, 3.05) is 6.61 Å². The lowest BCUT2D eigenvalue weighted by Gasteiger charge is -2.27. The van der Waals surface area contributed by atoms with Gasteiger partial charge < -0.3 is 10.1 Å². The fourth-order valence-electron chi connectivity index (χ4n) is 3.40. The van der Waals surface area contributed by atoms with Crippen LogP contribution in [0.2, 0.25) is 0 Å². The van der Waals surface area contributed by atoms with Gasteiger partial charge in [-0.15, -0.1) is 0 Å². The molecule has 2 bridgehead atoms. The summed E-state index contributed by atoms with van der Waals surface area (Å²) >= 11 is 0. The fraction of sp³-hybridized carbons (Fsp3) is 0.412. The summed E-state index contributed by atoms with van der Waals surface area (Å²) in [6.45, 7) is 2.17. The van der Waals surface area contributed by atoms with Crippen molar-refractivity contribution in [2.24, 2.45) is 17.8 Å². The van der Waals surface area contributed by atoms with Gasteiger partial charge in [-0.3, -0.25) is 9.59 Å². The Morgan fingerprint density at radius 1 is 1.19 bits per heavy atom. The number of nitrogens with one attached hydrogen (secondary N) is 1. The normalized spacial score (nSPS) is 29.4. The van der Waals surface area contributed by atoms with Crippen molar-refractivity contribution < 1.29 is 14.3 Å². The highest BCUT2D eigenvalue weighted by atomic mass is 16.5. The highest BCUT2D eigenvalue weighted by molar-refractivity contribution is 5.94. The van der Waals surface area contributed by atoms with Crippen molar-refractivity contribution in [2.45, 2.75) is 19.4 Å². The maximum atomic E-state index is 12.3. The number of fused-ring (bicyclic) bond motifs is 2. The standard InChI is InChI=1S/C17H19NO3/c1-2-21-17(20)14-12-8-9-13(10-12)15(14)18-16(19)11-6-4-3-5-7-11/h3-9,12-15H,2,10H2,1H3,(H,18,19)/t12-,13+,14+,15-/m1/s1. The van der Waals surface area contributed by atoms with Gasteiger partial charge in [0.1, 0.15) is 0 Å². The predicted molar refractivity (Wildman–Crippen MR) is 78.6 cm³/mol. The van der Waals surface area contributed by atoms with E-state index in [4.69, 9.17) is 4.74 Å². The SMILES string of the molecule is CCOC(=O)[C@@H]1[C@H](NC(=O)c2ccccc2)[C@H]2C=C[C@@H]1C2. The summed E-state index contributed by atoms with van der Waals surface area (Å²) in [5.41, 5.74) is 0.617. The van der Waals surface area contributed by atoms with E-state index in [-0.39, 0.29) is 35.7 Å². The summed E-state index contributed by atoms with van der Waals surface area (Å²) < 4.78 is 5.17. The van der Waals surface area contributed by atoms with E-state index in [9.17, 15) is 9.59 Å². The Morgan fingerprint density at radius 3 is 2.62 bits per heavy atom. The molecule has 2 aliphatic carbocycles. The summed E-state index contributed by atoms with van der Waals surface area (Å²) in [7, 11) is 0. The van der Waals surface area contributed by atoms with Gasteiger partial charge in [-0.25, -0.2) is 0 Å². The van der Waals surface area contributed by atoms with Crippen LogP contribution in [-0.4, -0.2) is 24.5 Å². The molecule has 0 unspecified atom stereocenters. The van der Waals surface area contributed by atoms with Gasteiger partial charge in [-0.1, -0.05) is 30.4 Å². The molecule has 1 fully saturated rings. The highest BCUT2D eigenvalue weighted by Crippen LogP contribution is 2.44. The second-order valence-electron chi connectivity index (χ2n) is 5.59. The summed E-state index contributed by atoms with van der Waals surface area (Å²) in [6.07, 6.45) is 5.11. The number of allylic oxidation sites excluding steroid dienone is 1. The van der Waals surface area contributed by atoms with Gasteiger partial charge in [0.05, 0.1) is 12.5 Å². The monoisotopic (exact) mass is 285 g/mol. The lowest BCUT2D eigenvalue weighted by molar-refractivity contribution is -0.149. The van der Waals surface area contributed by atoms with E-state index in [2.05, 4.69) is 17.5 Å². The van der Waals surface area contributed by atoms with Crippen molar-refractivity contribution in [3.05, 3.63) is 48.0 Å². The lowest BCUT2D eigenvalue weighted by Crippen LogP contribution is -2.46. The smallest absolute Gasteiger partial charge is 0.311 e. The molecule has 0 saturated heterocycles. The first-order valence-corrected chi connectivity index (χ1v) is 7.41. The van der Waals surface area contributed by atoms with Gasteiger partial charge in [0.25, 0.3) is 5.91 Å². The van der Waals surface area contributed by atoms with Crippen LogP contribution in [0.25, 0.3) is 0 Å². The lowest BCUT2D eigenvalue weighted by atomic mass is 9.88. The van der Waals surface area contributed by atoms with Crippen LogP contribution in [-0.2, 0) is 9.53 Å². The molecule has 1 saturated carbocycles. The summed E-state index contributed by atoms with van der Waals surface area (Å²) in [6, 6.07) is 8.93. The molecule has 4 nitrogen and oxygen atoms in total. The number of hydrogen-bond donors (Lipinski definition) is 1. The zero-order valence-electron chi connectivity index (χ0n) is 12.0. The minimum atomic E-state index is -0.257. The summed E-state index contributed by atoms with van der Waals surface area (Å²) in [5.74, 6) is -0.164. The molecule has 1 aromatic carbocycles. The van der Waals surface area contributed by atoms with Gasteiger partial charge in [-0.2, -0.15) is 0 Å². The molecule has 3 rings (SSSR count). The largest absolute Gasteiger partial charge is 0.466 e. The second-order valence-corrected chi connectivity index (χ2v) is 5.59. The third-order valence-electron chi connectivity index (χ3n) is 4.35. The molecule has 0 heterocycles. The second kappa shape index (κ2) is 5.72. The van der Waals surface area contributed by atoms with E-state index >= 15 is 0 Å². The van der Waals surface area contributed by atoms with E-state index < -0.39 is 0 Å². The molecule has 110 valence electrons. The average molecular weight is 285 g/mol. The van der Waals surface area contributed by atoms with Crippen LogP contribution in [0.3, 0.4) is 0 Å². The molecule has 4 heteroatoms. The number of carbonyl (C=O) groups excluding carboxylic acids is 2. The first-order valence-electron chi connectivity index (χ1n) is 7.41. The van der Waals surface area contributed by atoms with Crippen LogP contribution >= 0.6 is 0 Å². The topological polar surface area (TPSA) is 55.4 Å². The number of carbonyl (C=O) groups is 2. The maximum absolute atomic E-state index is 12.3. The zero-order valence-corrected chi connectivity index (χ0v) is 12.0. The molecule has 1 N–H and O–H groups in total. The zero-order chi connectivity index (χ0) is 14.8. The predicted octanol–water partition coefficient (Wildman–Crippen LogP) is 2.17.